The van der Waals surface area contributed by atoms with Crippen molar-refractivity contribution >= 4 is 17.3 Å². The third kappa shape index (κ3) is 3.38. The van der Waals surface area contributed by atoms with Crippen LogP contribution in [0.5, 0.6) is 5.75 Å². The van der Waals surface area contributed by atoms with Gasteiger partial charge in [0.1, 0.15) is 5.75 Å². The lowest BCUT2D eigenvalue weighted by molar-refractivity contribution is 0.0988. The number of nitrogens with zero attached hydrogens (tertiary/aromatic N) is 1. The first-order valence-corrected chi connectivity index (χ1v) is 10.9. The standard InChI is InChI=1S/C27H26N2O2/c1-2-29(19-9-4-3-5-10-19)27(31)18-15-16-24-23(17-18)20-12-8-13-21(20)26(28-24)22-11-6-7-14-25(22)30/h3-12,14-17,20-21,26,28,30H,2,13H2,1H3. The van der Waals surface area contributed by atoms with Gasteiger partial charge in [0.15, 0.2) is 0 Å². The van der Waals surface area contributed by atoms with Gasteiger partial charge < -0.3 is 15.3 Å². The molecule has 3 aromatic rings. The summed E-state index contributed by atoms with van der Waals surface area (Å²) in [6.45, 7) is 2.61. The van der Waals surface area contributed by atoms with Crippen molar-refractivity contribution in [3.63, 3.8) is 0 Å². The van der Waals surface area contributed by atoms with Crippen LogP contribution in [0, 0.1) is 5.92 Å². The monoisotopic (exact) mass is 410 g/mol. The predicted molar refractivity (Wildman–Crippen MR) is 125 cm³/mol. The third-order valence-electron chi connectivity index (χ3n) is 6.51. The number of phenols is 1. The number of allylic oxidation sites excluding steroid dienone is 2. The molecule has 0 fully saturated rings. The Morgan fingerprint density at radius 3 is 2.58 bits per heavy atom. The molecule has 0 radical (unpaired) electrons. The predicted octanol–water partition coefficient (Wildman–Crippen LogP) is 5.89. The Kier molecular flexibility index (Phi) is 4.99. The molecular weight excluding hydrogens is 384 g/mol. The molecule has 156 valence electrons. The molecule has 2 aliphatic rings. The van der Waals surface area contributed by atoms with E-state index in [1.54, 1.807) is 6.07 Å². The van der Waals surface area contributed by atoms with E-state index in [1.807, 2.05) is 78.6 Å². The van der Waals surface area contributed by atoms with Crippen LogP contribution in [0.2, 0.25) is 0 Å². The fraction of sp³-hybridized carbons (Fsp3) is 0.222. The number of rotatable bonds is 4. The number of carbonyl (C=O) groups is 1. The molecule has 4 heteroatoms. The summed E-state index contributed by atoms with van der Waals surface area (Å²) in [5.74, 6) is 0.864. The van der Waals surface area contributed by atoms with Gasteiger partial charge in [0.2, 0.25) is 0 Å². The Morgan fingerprint density at radius 1 is 1.03 bits per heavy atom. The summed E-state index contributed by atoms with van der Waals surface area (Å²) in [6, 6.07) is 23.3. The topological polar surface area (TPSA) is 52.6 Å². The Morgan fingerprint density at radius 2 is 1.81 bits per heavy atom. The number of anilines is 2. The number of hydrogen-bond donors (Lipinski definition) is 2. The maximum Gasteiger partial charge on any atom is 0.258 e. The molecule has 3 unspecified atom stereocenters. The highest BCUT2D eigenvalue weighted by Crippen LogP contribution is 2.51. The molecule has 3 atom stereocenters. The Hall–Kier alpha value is -3.53. The summed E-state index contributed by atoms with van der Waals surface area (Å²) in [4.78, 5) is 15.1. The van der Waals surface area contributed by atoms with Crippen LogP contribution in [0.25, 0.3) is 0 Å². The van der Waals surface area contributed by atoms with Crippen molar-refractivity contribution in [3.05, 3.63) is 102 Å². The number of carbonyl (C=O) groups excluding carboxylic acids is 1. The van der Waals surface area contributed by atoms with Gasteiger partial charge in [0, 0.05) is 35.0 Å². The molecule has 4 nitrogen and oxygen atoms in total. The molecule has 0 bridgehead atoms. The first-order chi connectivity index (χ1) is 15.2. The van der Waals surface area contributed by atoms with Crippen LogP contribution in [0.1, 0.15) is 46.8 Å². The summed E-state index contributed by atoms with van der Waals surface area (Å²) >= 11 is 0. The highest BCUT2D eigenvalue weighted by Gasteiger charge is 2.39. The zero-order valence-corrected chi connectivity index (χ0v) is 17.5. The molecule has 1 aliphatic heterocycles. The largest absolute Gasteiger partial charge is 0.508 e. The van der Waals surface area contributed by atoms with E-state index in [-0.39, 0.29) is 17.9 Å². The number of nitrogens with one attached hydrogen (secondary N) is 1. The number of amides is 1. The van der Waals surface area contributed by atoms with Crippen LogP contribution in [-0.2, 0) is 0 Å². The van der Waals surface area contributed by atoms with Gasteiger partial charge in [-0.1, -0.05) is 48.6 Å². The lowest BCUT2D eigenvalue weighted by atomic mass is 9.76. The second-order valence-corrected chi connectivity index (χ2v) is 8.22. The van der Waals surface area contributed by atoms with Crippen molar-refractivity contribution in [2.75, 3.05) is 16.8 Å². The molecule has 31 heavy (non-hydrogen) atoms. The Balaban J connectivity index is 1.50. The van der Waals surface area contributed by atoms with Crippen LogP contribution >= 0.6 is 0 Å². The maximum absolute atomic E-state index is 13.3. The molecule has 1 heterocycles. The normalized spacial score (nSPS) is 21.1. The van der Waals surface area contributed by atoms with E-state index in [2.05, 4.69) is 17.5 Å². The first kappa shape index (κ1) is 19.4. The van der Waals surface area contributed by atoms with E-state index < -0.39 is 0 Å². The van der Waals surface area contributed by atoms with Crippen LogP contribution in [0.4, 0.5) is 11.4 Å². The van der Waals surface area contributed by atoms with E-state index in [4.69, 9.17) is 0 Å². The molecule has 0 saturated heterocycles. The fourth-order valence-electron chi connectivity index (χ4n) is 4.99. The van der Waals surface area contributed by atoms with Crippen LogP contribution < -0.4 is 10.2 Å². The molecule has 3 aromatic carbocycles. The number of hydrogen-bond acceptors (Lipinski definition) is 3. The molecule has 0 spiro atoms. The number of benzene rings is 3. The van der Waals surface area contributed by atoms with Crippen molar-refractivity contribution in [3.8, 4) is 5.75 Å². The van der Waals surface area contributed by atoms with Crippen molar-refractivity contribution in [1.82, 2.24) is 0 Å². The van der Waals surface area contributed by atoms with E-state index in [0.29, 0.717) is 23.8 Å². The first-order valence-electron chi connectivity index (χ1n) is 10.9. The average molecular weight is 411 g/mol. The molecule has 0 saturated carbocycles. The molecule has 1 amide bonds. The number of phenolic OH excluding ortho intramolecular Hbond substituents is 1. The third-order valence-corrected chi connectivity index (χ3v) is 6.51. The van der Waals surface area contributed by atoms with Crippen molar-refractivity contribution in [1.29, 1.82) is 0 Å². The molecule has 0 aromatic heterocycles. The van der Waals surface area contributed by atoms with Crippen LogP contribution in [-0.4, -0.2) is 17.6 Å². The van der Waals surface area contributed by atoms with Crippen LogP contribution in [0.15, 0.2) is 84.9 Å². The van der Waals surface area contributed by atoms with Gasteiger partial charge in [-0.3, -0.25) is 4.79 Å². The second kappa shape index (κ2) is 7.95. The molecular formula is C27H26N2O2. The maximum atomic E-state index is 13.3. The molecule has 5 rings (SSSR count). The lowest BCUT2D eigenvalue weighted by Gasteiger charge is -2.38. The van der Waals surface area contributed by atoms with Crippen molar-refractivity contribution in [2.24, 2.45) is 5.92 Å². The quantitative estimate of drug-likeness (QED) is 0.528. The zero-order valence-electron chi connectivity index (χ0n) is 17.5. The van der Waals surface area contributed by atoms with Gasteiger partial charge in [-0.25, -0.2) is 0 Å². The van der Waals surface area contributed by atoms with Gasteiger partial charge in [0.25, 0.3) is 5.91 Å². The Bertz CT molecular complexity index is 1140. The minimum Gasteiger partial charge on any atom is -0.508 e. The van der Waals surface area contributed by atoms with E-state index in [9.17, 15) is 9.90 Å². The number of para-hydroxylation sites is 2. The van der Waals surface area contributed by atoms with E-state index in [0.717, 1.165) is 28.9 Å². The minimum absolute atomic E-state index is 0.0119. The second-order valence-electron chi connectivity index (χ2n) is 8.22. The smallest absolute Gasteiger partial charge is 0.258 e. The van der Waals surface area contributed by atoms with Gasteiger partial charge in [0.05, 0.1) is 6.04 Å². The zero-order chi connectivity index (χ0) is 21.4. The van der Waals surface area contributed by atoms with Gasteiger partial charge in [-0.05, 0) is 61.2 Å². The SMILES string of the molecule is CCN(C(=O)c1ccc2c(c1)C1C=CCC1C(c1ccccc1O)N2)c1ccccc1. The summed E-state index contributed by atoms with van der Waals surface area (Å²) in [6.07, 6.45) is 5.41. The highest BCUT2D eigenvalue weighted by atomic mass is 16.3. The fourth-order valence-corrected chi connectivity index (χ4v) is 4.99. The van der Waals surface area contributed by atoms with Crippen molar-refractivity contribution in [2.45, 2.75) is 25.3 Å². The van der Waals surface area contributed by atoms with E-state index in [1.165, 1.54) is 0 Å². The summed E-state index contributed by atoms with van der Waals surface area (Å²) in [5, 5.41) is 14.1. The van der Waals surface area contributed by atoms with E-state index >= 15 is 0 Å². The minimum atomic E-state index is 0.0119. The summed E-state index contributed by atoms with van der Waals surface area (Å²) in [5.41, 5.74) is 4.71. The molecule has 2 N–H and O–H groups in total. The molecule has 1 aliphatic carbocycles. The van der Waals surface area contributed by atoms with Crippen molar-refractivity contribution < 1.29 is 9.90 Å². The summed E-state index contributed by atoms with van der Waals surface area (Å²) in [7, 11) is 0. The average Bonchev–Trinajstić information content (AvgIpc) is 3.30. The lowest BCUT2D eigenvalue weighted by Crippen LogP contribution is -2.32. The summed E-state index contributed by atoms with van der Waals surface area (Å²) < 4.78 is 0. The van der Waals surface area contributed by atoms with Crippen LogP contribution in [0.3, 0.4) is 0 Å². The number of aromatic hydroxyl groups is 1. The van der Waals surface area contributed by atoms with Gasteiger partial charge >= 0.3 is 0 Å². The number of fused-ring (bicyclic) bond motifs is 3. The Labute approximate surface area is 182 Å². The van der Waals surface area contributed by atoms with Gasteiger partial charge in [-0.15, -0.1) is 0 Å². The van der Waals surface area contributed by atoms with Gasteiger partial charge in [-0.2, -0.15) is 0 Å². The highest BCUT2D eigenvalue weighted by molar-refractivity contribution is 6.06.